The fourth-order valence-corrected chi connectivity index (χ4v) is 0.931. The number of aryl methyl sites for hydroxylation is 1. The maximum absolute atomic E-state index is 10.4. The molecule has 0 heterocycles. The monoisotopic (exact) mass is 223 g/mol. The molecule has 0 unspecified atom stereocenters. The molecule has 0 fully saturated rings. The van der Waals surface area contributed by atoms with E-state index in [0.717, 1.165) is 0 Å². The molecule has 0 aliphatic carbocycles. The lowest BCUT2D eigenvalue weighted by molar-refractivity contribution is -0.140. The van der Waals surface area contributed by atoms with Gasteiger partial charge in [0.25, 0.3) is 0 Å². The topological polar surface area (TPSA) is 66.4 Å². The summed E-state index contributed by atoms with van der Waals surface area (Å²) in [5.74, 6) is -1.54. The maximum atomic E-state index is 10.4. The summed E-state index contributed by atoms with van der Waals surface area (Å²) in [6, 6.07) is 10.3. The van der Waals surface area contributed by atoms with Gasteiger partial charge in [-0.3, -0.25) is 9.59 Å². The van der Waals surface area contributed by atoms with Gasteiger partial charge in [-0.1, -0.05) is 35.9 Å². The van der Waals surface area contributed by atoms with Crippen molar-refractivity contribution in [3.8, 4) is 0 Å². The maximum Gasteiger partial charge on any atom is 0.312 e. The van der Waals surface area contributed by atoms with Crippen LogP contribution in [0.3, 0.4) is 0 Å². The molecule has 0 radical (unpaired) electrons. The van der Waals surface area contributed by atoms with Gasteiger partial charge in [-0.25, -0.2) is 0 Å². The van der Waals surface area contributed by atoms with E-state index in [-0.39, 0.29) is 0 Å². The second-order valence-corrected chi connectivity index (χ2v) is 3.18. The molecule has 16 heavy (non-hydrogen) atoms. The highest BCUT2D eigenvalue weighted by Gasteiger charge is 2.03. The van der Waals surface area contributed by atoms with Gasteiger partial charge < -0.3 is 10.4 Å². The zero-order chi connectivity index (χ0) is 12.4. The van der Waals surface area contributed by atoms with Crippen LogP contribution in [0.25, 0.3) is 0 Å². The molecule has 0 aliphatic heterocycles. The van der Waals surface area contributed by atoms with Gasteiger partial charge in [-0.2, -0.15) is 0 Å². The molecule has 4 nitrogen and oxygen atoms in total. The van der Waals surface area contributed by atoms with Gasteiger partial charge in [0.2, 0.25) is 5.91 Å². The van der Waals surface area contributed by atoms with Crippen LogP contribution in [0.15, 0.2) is 30.3 Å². The summed E-state index contributed by atoms with van der Waals surface area (Å²) in [5.41, 5.74) is 1.32. The Balaban J connectivity index is 0.000000288. The van der Waals surface area contributed by atoms with Gasteiger partial charge in [0, 0.05) is 6.54 Å². The quantitative estimate of drug-likeness (QED) is 0.765. The van der Waals surface area contributed by atoms with Crippen LogP contribution < -0.4 is 5.32 Å². The van der Waals surface area contributed by atoms with Crippen LogP contribution in [0, 0.1) is 6.92 Å². The first-order valence-electron chi connectivity index (χ1n) is 5.06. The minimum Gasteiger partial charge on any atom is -0.481 e. The van der Waals surface area contributed by atoms with E-state index in [2.05, 4.69) is 24.4 Å². The summed E-state index contributed by atoms with van der Waals surface area (Å²) in [7, 11) is 0. The summed E-state index contributed by atoms with van der Waals surface area (Å²) in [5, 5.41) is 10.4. The van der Waals surface area contributed by atoms with Crippen molar-refractivity contribution in [2.24, 2.45) is 0 Å². The van der Waals surface area contributed by atoms with E-state index in [9.17, 15) is 9.59 Å². The first-order chi connectivity index (χ1) is 7.56. The molecule has 0 aromatic heterocycles. The number of carbonyl (C=O) groups is 2. The lowest BCUT2D eigenvalue weighted by Crippen LogP contribution is -2.24. The van der Waals surface area contributed by atoms with E-state index in [4.69, 9.17) is 5.11 Å². The molecule has 88 valence electrons. The molecule has 1 rings (SSSR count). The molecular weight excluding hydrogens is 206 g/mol. The van der Waals surface area contributed by atoms with Crippen LogP contribution in [0.5, 0.6) is 0 Å². The zero-order valence-corrected chi connectivity index (χ0v) is 9.56. The number of rotatable bonds is 3. The average molecular weight is 223 g/mol. The number of aliphatic carboxylic acids is 1. The van der Waals surface area contributed by atoms with Crippen molar-refractivity contribution >= 4 is 11.9 Å². The third-order valence-electron chi connectivity index (χ3n) is 1.63. The number of hydrogen-bond donors (Lipinski definition) is 2. The summed E-state index contributed by atoms with van der Waals surface area (Å²) < 4.78 is 0. The Labute approximate surface area is 95.3 Å². The Morgan fingerprint density at radius 1 is 1.25 bits per heavy atom. The van der Waals surface area contributed by atoms with E-state index in [1.165, 1.54) is 5.56 Å². The predicted octanol–water partition coefficient (Wildman–Crippen LogP) is 1.59. The van der Waals surface area contributed by atoms with Crippen molar-refractivity contribution in [2.75, 3.05) is 6.54 Å². The standard InChI is InChI=1S/C7H8.C5H9NO3/c1-7-5-3-2-4-6-7;1-2-6-4(7)3-5(8)9/h2-6H,1H3;2-3H2,1H3,(H,6,7)(H,8,9). The molecule has 4 heteroatoms. The second kappa shape index (κ2) is 8.47. The molecule has 0 bridgehead atoms. The van der Waals surface area contributed by atoms with Crippen molar-refractivity contribution < 1.29 is 14.7 Å². The minimum absolute atomic E-state index is 0.437. The van der Waals surface area contributed by atoms with Crippen LogP contribution in [0.1, 0.15) is 18.9 Å². The Bertz CT molecular complexity index is 322. The van der Waals surface area contributed by atoms with Gasteiger partial charge in [0.15, 0.2) is 0 Å². The lowest BCUT2D eigenvalue weighted by atomic mass is 10.2. The van der Waals surface area contributed by atoms with Gasteiger partial charge in [0.05, 0.1) is 0 Å². The summed E-state index contributed by atoms with van der Waals surface area (Å²) in [6.07, 6.45) is -0.437. The van der Waals surface area contributed by atoms with Crippen molar-refractivity contribution in [1.82, 2.24) is 5.32 Å². The Morgan fingerprint density at radius 2 is 1.81 bits per heavy atom. The summed E-state index contributed by atoms with van der Waals surface area (Å²) in [4.78, 5) is 20.2. The molecule has 0 saturated carbocycles. The second-order valence-electron chi connectivity index (χ2n) is 3.18. The highest BCUT2D eigenvalue weighted by Crippen LogP contribution is 1.92. The number of hydrogen-bond acceptors (Lipinski definition) is 2. The normalized spacial score (nSPS) is 8.62. The van der Waals surface area contributed by atoms with Gasteiger partial charge in [-0.15, -0.1) is 0 Å². The zero-order valence-electron chi connectivity index (χ0n) is 9.56. The molecule has 0 spiro atoms. The minimum atomic E-state index is -1.10. The van der Waals surface area contributed by atoms with Crippen LogP contribution >= 0.6 is 0 Å². The number of amides is 1. The highest BCUT2D eigenvalue weighted by atomic mass is 16.4. The lowest BCUT2D eigenvalue weighted by Gasteiger charge is -1.95. The smallest absolute Gasteiger partial charge is 0.312 e. The first kappa shape index (κ1) is 14.2. The van der Waals surface area contributed by atoms with Crippen LogP contribution in [-0.4, -0.2) is 23.5 Å². The van der Waals surface area contributed by atoms with Crippen molar-refractivity contribution in [3.63, 3.8) is 0 Å². The van der Waals surface area contributed by atoms with Crippen LogP contribution in [-0.2, 0) is 9.59 Å². The van der Waals surface area contributed by atoms with Crippen molar-refractivity contribution in [1.29, 1.82) is 0 Å². The summed E-state index contributed by atoms with van der Waals surface area (Å²) in [6.45, 7) is 4.30. The number of benzene rings is 1. The van der Waals surface area contributed by atoms with Crippen LogP contribution in [0.2, 0.25) is 0 Å². The average Bonchev–Trinajstić information content (AvgIpc) is 2.18. The van der Waals surface area contributed by atoms with E-state index in [1.54, 1.807) is 6.92 Å². The Hall–Kier alpha value is -1.84. The molecule has 1 aromatic carbocycles. The van der Waals surface area contributed by atoms with E-state index in [0.29, 0.717) is 6.54 Å². The van der Waals surface area contributed by atoms with Crippen molar-refractivity contribution in [2.45, 2.75) is 20.3 Å². The number of nitrogens with one attached hydrogen (secondary N) is 1. The molecular formula is C12H17NO3. The number of carbonyl (C=O) groups excluding carboxylic acids is 1. The molecule has 0 atom stereocenters. The van der Waals surface area contributed by atoms with Gasteiger partial charge in [0.1, 0.15) is 6.42 Å². The fourth-order valence-electron chi connectivity index (χ4n) is 0.931. The highest BCUT2D eigenvalue weighted by molar-refractivity contribution is 5.93. The Kier molecular flexibility index (Phi) is 7.49. The van der Waals surface area contributed by atoms with E-state index in [1.807, 2.05) is 18.2 Å². The number of carboxylic acids is 1. The SMILES string of the molecule is CCNC(=O)CC(=O)O.Cc1ccccc1. The Morgan fingerprint density at radius 3 is 2.12 bits per heavy atom. The largest absolute Gasteiger partial charge is 0.481 e. The van der Waals surface area contributed by atoms with Crippen LogP contribution in [0.4, 0.5) is 0 Å². The summed E-state index contributed by atoms with van der Waals surface area (Å²) >= 11 is 0. The molecule has 1 amide bonds. The molecule has 1 aromatic rings. The van der Waals surface area contributed by atoms with Gasteiger partial charge >= 0.3 is 5.97 Å². The predicted molar refractivity (Wildman–Crippen MR) is 62.1 cm³/mol. The van der Waals surface area contributed by atoms with Crippen molar-refractivity contribution in [3.05, 3.63) is 35.9 Å². The molecule has 0 saturated heterocycles. The fraction of sp³-hybridized carbons (Fsp3) is 0.333. The number of carboxylic acid groups (broad SMARTS) is 1. The first-order valence-corrected chi connectivity index (χ1v) is 5.06. The van der Waals surface area contributed by atoms with E-state index < -0.39 is 18.3 Å². The third kappa shape index (κ3) is 8.74. The third-order valence-corrected chi connectivity index (χ3v) is 1.63. The van der Waals surface area contributed by atoms with E-state index >= 15 is 0 Å². The van der Waals surface area contributed by atoms with Gasteiger partial charge in [-0.05, 0) is 13.8 Å². The molecule has 0 aliphatic rings. The molecule has 2 N–H and O–H groups in total.